The topological polar surface area (TPSA) is 42.9 Å². The van der Waals surface area contributed by atoms with Crippen LogP contribution < -0.4 is 10.6 Å². The maximum absolute atomic E-state index is 4.38. The van der Waals surface area contributed by atoms with Crippen molar-refractivity contribution in [1.82, 2.24) is 20.4 Å². The highest BCUT2D eigenvalue weighted by Crippen LogP contribution is 2.12. The van der Waals surface area contributed by atoms with Crippen LogP contribution in [0.25, 0.3) is 0 Å². The van der Waals surface area contributed by atoms with Crippen LogP contribution in [0.3, 0.4) is 0 Å². The van der Waals surface area contributed by atoms with E-state index >= 15 is 0 Å². The van der Waals surface area contributed by atoms with Crippen molar-refractivity contribution in [2.24, 2.45) is 10.9 Å². The molecule has 2 N–H and O–H groups in total. The second-order valence-corrected chi connectivity index (χ2v) is 7.44. The number of likely N-dealkylation sites (N-methyl/N-ethyl adjacent to an activating group) is 1. The summed E-state index contributed by atoms with van der Waals surface area (Å²) in [5, 5.41) is 6.95. The van der Waals surface area contributed by atoms with Gasteiger partial charge in [-0.15, -0.1) is 24.0 Å². The molecule has 1 fully saturated rings. The zero-order chi connectivity index (χ0) is 18.2. The third kappa shape index (κ3) is 7.40. The Morgan fingerprint density at radius 2 is 1.69 bits per heavy atom. The molecule has 0 aliphatic carbocycles. The molecule has 0 spiro atoms. The molecule has 148 valence electrons. The van der Waals surface area contributed by atoms with Crippen molar-refractivity contribution in [2.45, 2.75) is 33.4 Å². The lowest BCUT2D eigenvalue weighted by Crippen LogP contribution is -2.55. The Labute approximate surface area is 176 Å². The van der Waals surface area contributed by atoms with Gasteiger partial charge in [0.05, 0.1) is 0 Å². The molecule has 2 rings (SSSR count). The van der Waals surface area contributed by atoms with Crippen molar-refractivity contribution < 1.29 is 0 Å². The molecular weight excluding hydrogens is 437 g/mol. The fourth-order valence-corrected chi connectivity index (χ4v) is 3.25. The van der Waals surface area contributed by atoms with E-state index in [0.29, 0.717) is 12.0 Å². The molecule has 1 aliphatic heterocycles. The zero-order valence-corrected chi connectivity index (χ0v) is 19.3. The Morgan fingerprint density at radius 1 is 1.08 bits per heavy atom. The van der Waals surface area contributed by atoms with Crippen molar-refractivity contribution in [2.75, 3.05) is 46.8 Å². The van der Waals surface area contributed by atoms with Gasteiger partial charge < -0.3 is 15.5 Å². The van der Waals surface area contributed by atoms with E-state index in [1.807, 2.05) is 7.05 Å². The Balaban J connectivity index is 0.00000338. The Bertz CT molecular complexity index is 536. The molecule has 1 heterocycles. The van der Waals surface area contributed by atoms with Gasteiger partial charge in [0.1, 0.15) is 0 Å². The van der Waals surface area contributed by atoms with Gasteiger partial charge in [-0.25, -0.2) is 0 Å². The lowest BCUT2D eigenvalue weighted by atomic mass is 10.0. The largest absolute Gasteiger partial charge is 0.355 e. The third-order valence-corrected chi connectivity index (χ3v) is 5.06. The van der Waals surface area contributed by atoms with E-state index in [1.54, 1.807) is 0 Å². The van der Waals surface area contributed by atoms with Gasteiger partial charge >= 0.3 is 0 Å². The summed E-state index contributed by atoms with van der Waals surface area (Å²) < 4.78 is 0. The lowest BCUT2D eigenvalue weighted by molar-refractivity contribution is 0.0900. The first kappa shape index (κ1) is 23.2. The van der Waals surface area contributed by atoms with E-state index in [4.69, 9.17) is 0 Å². The fraction of sp³-hybridized carbons (Fsp3) is 0.650. The maximum Gasteiger partial charge on any atom is 0.191 e. The molecule has 1 unspecified atom stereocenters. The number of guanidine groups is 1. The molecule has 1 saturated heterocycles. The van der Waals surface area contributed by atoms with Gasteiger partial charge in [-0.05, 0) is 25.5 Å². The number of hydrogen-bond acceptors (Lipinski definition) is 3. The van der Waals surface area contributed by atoms with Crippen molar-refractivity contribution >= 4 is 29.9 Å². The standard InChI is InChI=1S/C20H35N5.HI/c1-16(2)19(25-12-10-24(5)11-13-25)15-23-20(21-4)22-14-18-8-6-17(3)7-9-18;/h6-9,16,19H,10-15H2,1-5H3,(H2,21,22,23);1H. The van der Waals surface area contributed by atoms with Crippen molar-refractivity contribution in [3.05, 3.63) is 35.4 Å². The number of nitrogens with one attached hydrogen (secondary N) is 2. The summed E-state index contributed by atoms with van der Waals surface area (Å²) in [7, 11) is 4.04. The quantitative estimate of drug-likeness (QED) is 0.379. The van der Waals surface area contributed by atoms with Crippen LogP contribution in [0.1, 0.15) is 25.0 Å². The van der Waals surface area contributed by atoms with E-state index in [-0.39, 0.29) is 24.0 Å². The molecule has 6 heteroatoms. The van der Waals surface area contributed by atoms with E-state index < -0.39 is 0 Å². The monoisotopic (exact) mass is 473 g/mol. The van der Waals surface area contributed by atoms with Crippen LogP contribution in [0.15, 0.2) is 29.3 Å². The minimum Gasteiger partial charge on any atom is -0.355 e. The van der Waals surface area contributed by atoms with Crippen LogP contribution in [0.4, 0.5) is 0 Å². The molecule has 0 aromatic heterocycles. The summed E-state index contributed by atoms with van der Waals surface area (Å²) in [6, 6.07) is 9.16. The van der Waals surface area contributed by atoms with Crippen LogP contribution in [0.5, 0.6) is 0 Å². The summed E-state index contributed by atoms with van der Waals surface area (Å²) in [5.74, 6) is 1.49. The number of piperazine rings is 1. The Hall–Kier alpha value is -0.860. The fourth-order valence-electron chi connectivity index (χ4n) is 3.25. The van der Waals surface area contributed by atoms with Crippen LogP contribution in [0.2, 0.25) is 0 Å². The summed E-state index contributed by atoms with van der Waals surface area (Å²) in [6.45, 7) is 13.1. The number of aryl methyl sites for hydroxylation is 1. The van der Waals surface area contributed by atoms with Gasteiger partial charge in [-0.1, -0.05) is 43.7 Å². The number of aliphatic imine (C=N–C) groups is 1. The average Bonchev–Trinajstić information content (AvgIpc) is 2.60. The molecule has 1 aromatic carbocycles. The SMILES string of the molecule is CN=C(NCc1ccc(C)cc1)NCC(C(C)C)N1CCN(C)CC1.I. The van der Waals surface area contributed by atoms with Crippen LogP contribution >= 0.6 is 24.0 Å². The highest BCUT2D eigenvalue weighted by Gasteiger charge is 2.24. The minimum absolute atomic E-state index is 0. The second-order valence-electron chi connectivity index (χ2n) is 7.44. The predicted octanol–water partition coefficient (Wildman–Crippen LogP) is 2.55. The first-order chi connectivity index (χ1) is 12.0. The highest BCUT2D eigenvalue weighted by molar-refractivity contribution is 14.0. The summed E-state index contributed by atoms with van der Waals surface area (Å²) >= 11 is 0. The maximum atomic E-state index is 4.38. The van der Waals surface area contributed by atoms with Crippen LogP contribution in [0, 0.1) is 12.8 Å². The van der Waals surface area contributed by atoms with Gasteiger partial charge in [-0.3, -0.25) is 9.89 Å². The molecule has 1 aromatic rings. The second kappa shape index (κ2) is 11.8. The molecule has 0 saturated carbocycles. The van der Waals surface area contributed by atoms with Crippen LogP contribution in [-0.4, -0.2) is 68.6 Å². The van der Waals surface area contributed by atoms with Gasteiger partial charge in [0, 0.05) is 52.4 Å². The average molecular weight is 473 g/mol. The number of nitrogens with zero attached hydrogens (tertiary/aromatic N) is 3. The Kier molecular flexibility index (Phi) is 10.5. The first-order valence-corrected chi connectivity index (χ1v) is 9.42. The van der Waals surface area contributed by atoms with E-state index in [2.05, 4.69) is 77.5 Å². The zero-order valence-electron chi connectivity index (χ0n) is 17.0. The van der Waals surface area contributed by atoms with E-state index in [0.717, 1.165) is 45.2 Å². The van der Waals surface area contributed by atoms with E-state index in [9.17, 15) is 0 Å². The normalized spacial score (nSPS) is 17.7. The van der Waals surface area contributed by atoms with Crippen LogP contribution in [-0.2, 0) is 6.54 Å². The van der Waals surface area contributed by atoms with Gasteiger partial charge in [0.15, 0.2) is 5.96 Å². The van der Waals surface area contributed by atoms with Crippen molar-refractivity contribution in [3.63, 3.8) is 0 Å². The molecule has 5 nitrogen and oxygen atoms in total. The minimum atomic E-state index is 0. The Morgan fingerprint density at radius 3 is 2.23 bits per heavy atom. The van der Waals surface area contributed by atoms with E-state index in [1.165, 1.54) is 11.1 Å². The predicted molar refractivity (Wildman–Crippen MR) is 122 cm³/mol. The molecule has 0 radical (unpaired) electrons. The third-order valence-electron chi connectivity index (χ3n) is 5.06. The molecule has 0 amide bonds. The lowest BCUT2D eigenvalue weighted by Gasteiger charge is -2.40. The number of hydrogen-bond donors (Lipinski definition) is 2. The molecule has 0 bridgehead atoms. The van der Waals surface area contributed by atoms with Crippen molar-refractivity contribution in [1.29, 1.82) is 0 Å². The summed E-state index contributed by atoms with van der Waals surface area (Å²) in [5.41, 5.74) is 2.56. The first-order valence-electron chi connectivity index (χ1n) is 9.42. The number of benzene rings is 1. The van der Waals surface area contributed by atoms with Gasteiger partial charge in [0.2, 0.25) is 0 Å². The summed E-state index contributed by atoms with van der Waals surface area (Å²) in [4.78, 5) is 9.40. The van der Waals surface area contributed by atoms with Gasteiger partial charge in [0.25, 0.3) is 0 Å². The number of rotatable bonds is 6. The molecule has 1 aliphatic rings. The van der Waals surface area contributed by atoms with Crippen molar-refractivity contribution in [3.8, 4) is 0 Å². The highest BCUT2D eigenvalue weighted by atomic mass is 127. The summed E-state index contributed by atoms with van der Waals surface area (Å²) in [6.07, 6.45) is 0. The smallest absolute Gasteiger partial charge is 0.191 e. The number of halogens is 1. The van der Waals surface area contributed by atoms with Gasteiger partial charge in [-0.2, -0.15) is 0 Å². The molecule has 1 atom stereocenters. The molecular formula is C20H36IN5. The molecule has 26 heavy (non-hydrogen) atoms.